The molecule has 1 aromatic carbocycles. The third kappa shape index (κ3) is 3.57. The summed E-state index contributed by atoms with van der Waals surface area (Å²) >= 11 is 5.94. The highest BCUT2D eigenvalue weighted by Crippen LogP contribution is 2.20. The van der Waals surface area contributed by atoms with Crippen LogP contribution in [0.25, 0.3) is 0 Å². The van der Waals surface area contributed by atoms with Crippen LogP contribution in [0.15, 0.2) is 28.8 Å². The number of ketones is 1. The number of carbonyl (C=O) groups is 1. The zero-order chi connectivity index (χ0) is 14.8. The van der Waals surface area contributed by atoms with Crippen LogP contribution in [0.4, 0.5) is 13.2 Å². The number of Topliss-reactive ketones (excluding diaryl/α,β-unsaturated/α-hetero) is 1. The molecular weight excluding hydrogens is 297 g/mol. The van der Waals surface area contributed by atoms with E-state index >= 15 is 0 Å². The zero-order valence-corrected chi connectivity index (χ0v) is 10.7. The summed E-state index contributed by atoms with van der Waals surface area (Å²) in [5.74, 6) is -2.12. The Labute approximate surface area is 116 Å². The number of hydrogen-bond acceptors (Lipinski definition) is 4. The summed E-state index contributed by atoms with van der Waals surface area (Å²) in [5, 5.41) is 4.01. The highest BCUT2D eigenvalue weighted by Gasteiger charge is 2.39. The van der Waals surface area contributed by atoms with Crippen molar-refractivity contribution >= 4 is 17.4 Å². The van der Waals surface area contributed by atoms with Crippen LogP contribution >= 0.6 is 11.6 Å². The second-order valence-corrected chi connectivity index (χ2v) is 4.38. The molecule has 106 valence electrons. The van der Waals surface area contributed by atoms with E-state index in [1.54, 1.807) is 24.3 Å². The topological polar surface area (TPSA) is 56.0 Å². The number of carbonyl (C=O) groups excluding carboxylic acids is 1. The number of nitrogens with zero attached hydrogens (tertiary/aromatic N) is 2. The maximum Gasteiger partial charge on any atom is 0.450 e. The van der Waals surface area contributed by atoms with Crippen molar-refractivity contribution < 1.29 is 22.5 Å². The Morgan fingerprint density at radius 3 is 2.65 bits per heavy atom. The number of benzene rings is 1. The van der Waals surface area contributed by atoms with Gasteiger partial charge >= 0.3 is 6.18 Å². The summed E-state index contributed by atoms with van der Waals surface area (Å²) in [7, 11) is 0. The van der Waals surface area contributed by atoms with E-state index in [1.807, 2.05) is 0 Å². The van der Waals surface area contributed by atoms with Crippen molar-refractivity contribution in [3.63, 3.8) is 0 Å². The fourth-order valence-corrected chi connectivity index (χ4v) is 1.69. The molecule has 0 amide bonds. The third-order valence-electron chi connectivity index (χ3n) is 2.44. The van der Waals surface area contributed by atoms with E-state index in [0.717, 1.165) is 0 Å². The van der Waals surface area contributed by atoms with E-state index in [2.05, 4.69) is 14.7 Å². The maximum atomic E-state index is 12.1. The fraction of sp³-hybridized carbons (Fsp3) is 0.250. The Morgan fingerprint density at radius 2 is 2.00 bits per heavy atom. The van der Waals surface area contributed by atoms with E-state index in [0.29, 0.717) is 10.6 Å². The number of hydrogen-bond donors (Lipinski definition) is 0. The summed E-state index contributed by atoms with van der Waals surface area (Å²) in [6, 6.07) is 6.91. The van der Waals surface area contributed by atoms with E-state index in [1.165, 1.54) is 0 Å². The SMILES string of the molecule is O=C(Cc1nc(Cc2ccccc2Cl)no1)C(F)(F)F. The minimum atomic E-state index is -4.91. The van der Waals surface area contributed by atoms with Crippen LogP contribution in [0.5, 0.6) is 0 Å². The Kier molecular flexibility index (Phi) is 4.08. The van der Waals surface area contributed by atoms with E-state index in [-0.39, 0.29) is 18.1 Å². The highest BCUT2D eigenvalue weighted by molar-refractivity contribution is 6.31. The quantitative estimate of drug-likeness (QED) is 0.871. The van der Waals surface area contributed by atoms with Crippen LogP contribution < -0.4 is 0 Å². The second kappa shape index (κ2) is 5.62. The summed E-state index contributed by atoms with van der Waals surface area (Å²) < 4.78 is 40.9. The molecule has 2 aromatic rings. The maximum absolute atomic E-state index is 12.1. The largest absolute Gasteiger partial charge is 0.450 e. The van der Waals surface area contributed by atoms with Crippen LogP contribution in [-0.4, -0.2) is 22.1 Å². The van der Waals surface area contributed by atoms with Crippen molar-refractivity contribution in [1.29, 1.82) is 0 Å². The van der Waals surface area contributed by atoms with Gasteiger partial charge in [0.15, 0.2) is 5.82 Å². The molecule has 0 aliphatic carbocycles. The molecule has 1 heterocycles. The van der Waals surface area contributed by atoms with Crippen molar-refractivity contribution in [1.82, 2.24) is 10.1 Å². The molecule has 0 aliphatic heterocycles. The Bertz CT molecular complexity index is 625. The van der Waals surface area contributed by atoms with Crippen LogP contribution in [0.1, 0.15) is 17.3 Å². The molecule has 0 saturated carbocycles. The average Bonchev–Trinajstić information content (AvgIpc) is 2.78. The summed E-state index contributed by atoms with van der Waals surface area (Å²) in [4.78, 5) is 14.5. The second-order valence-electron chi connectivity index (χ2n) is 3.97. The van der Waals surface area contributed by atoms with E-state index in [4.69, 9.17) is 11.6 Å². The van der Waals surface area contributed by atoms with Crippen LogP contribution in [0.3, 0.4) is 0 Å². The summed E-state index contributed by atoms with van der Waals surface area (Å²) in [6.45, 7) is 0. The monoisotopic (exact) mass is 304 g/mol. The van der Waals surface area contributed by atoms with Gasteiger partial charge in [0.1, 0.15) is 0 Å². The first-order chi connectivity index (χ1) is 9.36. The van der Waals surface area contributed by atoms with Gasteiger partial charge in [-0.3, -0.25) is 4.79 Å². The molecule has 0 aliphatic rings. The number of aromatic nitrogens is 2. The van der Waals surface area contributed by atoms with Gasteiger partial charge in [0, 0.05) is 11.4 Å². The Balaban J connectivity index is 2.07. The number of rotatable bonds is 4. The van der Waals surface area contributed by atoms with Crippen LogP contribution in [-0.2, 0) is 17.6 Å². The first-order valence-electron chi connectivity index (χ1n) is 5.51. The van der Waals surface area contributed by atoms with Crippen molar-refractivity contribution in [2.24, 2.45) is 0 Å². The number of halogens is 4. The van der Waals surface area contributed by atoms with Crippen LogP contribution in [0.2, 0.25) is 5.02 Å². The normalized spacial score (nSPS) is 11.6. The molecule has 0 N–H and O–H groups in total. The van der Waals surface area contributed by atoms with Gasteiger partial charge in [-0.05, 0) is 11.6 Å². The lowest BCUT2D eigenvalue weighted by atomic mass is 10.1. The van der Waals surface area contributed by atoms with Gasteiger partial charge in [0.05, 0.1) is 6.42 Å². The molecule has 0 bridgehead atoms. The lowest BCUT2D eigenvalue weighted by molar-refractivity contribution is -0.170. The van der Waals surface area contributed by atoms with Gasteiger partial charge < -0.3 is 4.52 Å². The third-order valence-corrected chi connectivity index (χ3v) is 2.81. The highest BCUT2D eigenvalue weighted by atomic mass is 35.5. The van der Waals surface area contributed by atoms with Gasteiger partial charge in [-0.25, -0.2) is 0 Å². The van der Waals surface area contributed by atoms with Gasteiger partial charge in [-0.15, -0.1) is 0 Å². The zero-order valence-electron chi connectivity index (χ0n) is 9.95. The summed E-state index contributed by atoms with van der Waals surface area (Å²) in [5.41, 5.74) is 0.712. The standard InChI is InChI=1S/C12H8ClF3N2O2/c13-8-4-2-1-3-7(8)5-10-17-11(20-18-10)6-9(19)12(14,15)16/h1-4H,5-6H2. The minimum absolute atomic E-state index is 0.170. The van der Waals surface area contributed by atoms with Crippen molar-refractivity contribution in [2.75, 3.05) is 0 Å². The lowest BCUT2D eigenvalue weighted by Crippen LogP contribution is -2.24. The van der Waals surface area contributed by atoms with Crippen LogP contribution in [0, 0.1) is 0 Å². The minimum Gasteiger partial charge on any atom is -0.339 e. The van der Waals surface area contributed by atoms with Gasteiger partial charge in [0.25, 0.3) is 0 Å². The lowest BCUT2D eigenvalue weighted by Gasteiger charge is -2.01. The first kappa shape index (κ1) is 14.5. The molecule has 0 unspecified atom stereocenters. The Morgan fingerprint density at radius 1 is 1.30 bits per heavy atom. The molecule has 8 heteroatoms. The molecule has 1 aromatic heterocycles. The Hall–Kier alpha value is -1.89. The molecule has 0 spiro atoms. The van der Waals surface area contributed by atoms with Crippen molar-refractivity contribution in [3.05, 3.63) is 46.6 Å². The molecule has 2 rings (SSSR count). The van der Waals surface area contributed by atoms with E-state index < -0.39 is 18.4 Å². The predicted molar refractivity (Wildman–Crippen MR) is 63.3 cm³/mol. The number of alkyl halides is 3. The first-order valence-corrected chi connectivity index (χ1v) is 5.89. The van der Waals surface area contributed by atoms with Gasteiger partial charge in [-0.1, -0.05) is 35.0 Å². The fourth-order valence-electron chi connectivity index (χ4n) is 1.48. The van der Waals surface area contributed by atoms with Gasteiger partial charge in [0.2, 0.25) is 11.7 Å². The molecule has 0 radical (unpaired) electrons. The predicted octanol–water partition coefficient (Wildman–Crippen LogP) is 2.99. The molecule has 0 fully saturated rings. The van der Waals surface area contributed by atoms with Crippen molar-refractivity contribution in [3.8, 4) is 0 Å². The summed E-state index contributed by atoms with van der Waals surface area (Å²) in [6.07, 6.45) is -5.65. The smallest absolute Gasteiger partial charge is 0.339 e. The van der Waals surface area contributed by atoms with E-state index in [9.17, 15) is 18.0 Å². The average molecular weight is 305 g/mol. The molecule has 0 atom stereocenters. The molecule has 4 nitrogen and oxygen atoms in total. The van der Waals surface area contributed by atoms with Crippen molar-refractivity contribution in [2.45, 2.75) is 19.0 Å². The molecule has 0 saturated heterocycles. The van der Waals surface area contributed by atoms with Gasteiger partial charge in [-0.2, -0.15) is 18.2 Å². The molecular formula is C12H8ClF3N2O2. The molecule has 20 heavy (non-hydrogen) atoms.